The van der Waals surface area contributed by atoms with Gasteiger partial charge in [-0.05, 0) is 0 Å². The summed E-state index contributed by atoms with van der Waals surface area (Å²) >= 11 is 0. The summed E-state index contributed by atoms with van der Waals surface area (Å²) in [6.07, 6.45) is 0. The quantitative estimate of drug-likeness (QED) is 0.454. The van der Waals surface area contributed by atoms with Crippen LogP contribution in [0.2, 0.25) is 37.3 Å². The van der Waals surface area contributed by atoms with Crippen molar-refractivity contribution in [3.8, 4) is 0 Å². The maximum Gasteiger partial charge on any atom is 0.0330 e. The molecule has 1 rings (SSSR count). The molecule has 48 valence electrons. The Bertz CT molecular complexity index is 54.9. The Morgan fingerprint density at radius 2 is 1.00 bits per heavy atom. The molecule has 2 heteroatoms. The predicted molar refractivity (Wildman–Crippen MR) is 45.3 cm³/mol. The van der Waals surface area contributed by atoms with Gasteiger partial charge in [-0.15, -0.1) is 0 Å². The minimum absolute atomic E-state index is 0.0983. The summed E-state index contributed by atoms with van der Waals surface area (Å²) in [6.45, 7) is 5.06. The summed E-state index contributed by atoms with van der Waals surface area (Å²) in [6, 6.07) is 6.70. The average Bonchev–Trinajstić information content (AvgIpc) is 1.77. The van der Waals surface area contributed by atoms with Crippen molar-refractivity contribution in [3.05, 3.63) is 0 Å². The standard InChI is InChI=1S/C6H16Si2/c1-7-3-5-8(2)6-4-7/h7-8H,3-6H2,1-2H3. The van der Waals surface area contributed by atoms with Crippen molar-refractivity contribution in [2.24, 2.45) is 0 Å². The lowest BCUT2D eigenvalue weighted by Gasteiger charge is -2.20. The van der Waals surface area contributed by atoms with Gasteiger partial charge in [0.05, 0.1) is 0 Å². The smallest absolute Gasteiger partial charge is 0.0330 e. The molecule has 0 spiro atoms. The molecule has 0 aromatic heterocycles. The van der Waals surface area contributed by atoms with Gasteiger partial charge >= 0.3 is 0 Å². The van der Waals surface area contributed by atoms with E-state index in [1.165, 1.54) is 0 Å². The third-order valence-corrected chi connectivity index (χ3v) is 8.91. The second-order valence-electron chi connectivity index (χ2n) is 3.37. The van der Waals surface area contributed by atoms with Crippen LogP contribution in [0.15, 0.2) is 0 Å². The van der Waals surface area contributed by atoms with Gasteiger partial charge < -0.3 is 0 Å². The summed E-state index contributed by atoms with van der Waals surface area (Å²) in [5.74, 6) is 0. The van der Waals surface area contributed by atoms with Crippen LogP contribution in [0.4, 0.5) is 0 Å². The van der Waals surface area contributed by atoms with Crippen molar-refractivity contribution >= 4 is 17.6 Å². The molecule has 0 atom stereocenters. The highest BCUT2D eigenvalue weighted by Crippen LogP contribution is 2.19. The lowest BCUT2D eigenvalue weighted by Crippen LogP contribution is -2.20. The van der Waals surface area contributed by atoms with Gasteiger partial charge in [0.15, 0.2) is 0 Å². The summed E-state index contributed by atoms with van der Waals surface area (Å²) in [4.78, 5) is 0. The van der Waals surface area contributed by atoms with Gasteiger partial charge in [-0.25, -0.2) is 0 Å². The van der Waals surface area contributed by atoms with Crippen molar-refractivity contribution in [2.75, 3.05) is 0 Å². The van der Waals surface area contributed by atoms with E-state index >= 15 is 0 Å². The third-order valence-electron chi connectivity index (χ3n) is 2.30. The van der Waals surface area contributed by atoms with E-state index in [0.717, 1.165) is 0 Å². The number of rotatable bonds is 0. The Morgan fingerprint density at radius 3 is 1.25 bits per heavy atom. The Balaban J connectivity index is 2.19. The van der Waals surface area contributed by atoms with Crippen LogP contribution < -0.4 is 0 Å². The van der Waals surface area contributed by atoms with Crippen LogP contribution in [0.25, 0.3) is 0 Å². The molecule has 0 amide bonds. The number of hydrogen-bond acceptors (Lipinski definition) is 0. The first-order valence-corrected chi connectivity index (χ1v) is 9.36. The lowest BCUT2D eigenvalue weighted by molar-refractivity contribution is 1.18. The van der Waals surface area contributed by atoms with Crippen LogP contribution in [-0.2, 0) is 0 Å². The second kappa shape index (κ2) is 2.83. The van der Waals surface area contributed by atoms with E-state index < -0.39 is 0 Å². The zero-order chi connectivity index (χ0) is 5.98. The van der Waals surface area contributed by atoms with Crippen molar-refractivity contribution in [1.82, 2.24) is 0 Å². The topological polar surface area (TPSA) is 0 Å². The van der Waals surface area contributed by atoms with Gasteiger partial charge in [-0.1, -0.05) is 37.3 Å². The summed E-state index contributed by atoms with van der Waals surface area (Å²) in [5.41, 5.74) is 0. The first-order valence-electron chi connectivity index (χ1n) is 3.79. The predicted octanol–water partition coefficient (Wildman–Crippen LogP) is 1.71. The molecule has 8 heavy (non-hydrogen) atoms. The highest BCUT2D eigenvalue weighted by Gasteiger charge is 2.15. The molecule has 0 aromatic rings. The fourth-order valence-electron chi connectivity index (χ4n) is 1.43. The molecule has 0 unspecified atom stereocenters. The van der Waals surface area contributed by atoms with Crippen molar-refractivity contribution in [2.45, 2.75) is 37.3 Å². The first kappa shape index (κ1) is 6.55. The molecular weight excluding hydrogens is 128 g/mol. The minimum atomic E-state index is -0.0983. The molecule has 1 saturated heterocycles. The summed E-state index contributed by atoms with van der Waals surface area (Å²) < 4.78 is 0. The first-order chi connectivity index (χ1) is 3.79. The van der Waals surface area contributed by atoms with Gasteiger partial charge in [0, 0.05) is 17.6 Å². The fourth-order valence-corrected chi connectivity index (χ4v) is 11.1. The maximum atomic E-state index is 2.53. The Kier molecular flexibility index (Phi) is 2.32. The van der Waals surface area contributed by atoms with Gasteiger partial charge in [0.1, 0.15) is 0 Å². The van der Waals surface area contributed by atoms with Crippen molar-refractivity contribution in [3.63, 3.8) is 0 Å². The normalized spacial score (nSPS) is 39.8. The largest absolute Gasteiger partial charge is 0.0720 e. The highest BCUT2D eigenvalue weighted by molar-refractivity contribution is 6.68. The molecule has 0 N–H and O–H groups in total. The Hall–Kier alpha value is 0.434. The zero-order valence-corrected chi connectivity index (χ0v) is 8.29. The van der Waals surface area contributed by atoms with E-state index in [0.29, 0.717) is 0 Å². The van der Waals surface area contributed by atoms with Crippen LogP contribution >= 0.6 is 0 Å². The van der Waals surface area contributed by atoms with Crippen molar-refractivity contribution in [1.29, 1.82) is 0 Å². The SMILES string of the molecule is C[SiH]1CC[SiH](C)CC1. The van der Waals surface area contributed by atoms with Crippen LogP contribution in [-0.4, -0.2) is 17.6 Å². The molecule has 0 bridgehead atoms. The monoisotopic (exact) mass is 144 g/mol. The van der Waals surface area contributed by atoms with Crippen LogP contribution in [0.5, 0.6) is 0 Å². The van der Waals surface area contributed by atoms with Gasteiger partial charge in [-0.2, -0.15) is 0 Å². The van der Waals surface area contributed by atoms with Gasteiger partial charge in [0.2, 0.25) is 0 Å². The Labute approximate surface area is 55.5 Å². The average molecular weight is 144 g/mol. The molecular formula is C6H16Si2. The Morgan fingerprint density at radius 1 is 0.750 bits per heavy atom. The zero-order valence-electron chi connectivity index (χ0n) is 5.98. The molecule has 0 nitrogen and oxygen atoms in total. The van der Waals surface area contributed by atoms with E-state index in [1.807, 2.05) is 0 Å². The molecule has 1 aliphatic heterocycles. The van der Waals surface area contributed by atoms with E-state index in [-0.39, 0.29) is 17.6 Å². The summed E-state index contributed by atoms with van der Waals surface area (Å²) in [7, 11) is -0.197. The van der Waals surface area contributed by atoms with Gasteiger partial charge in [-0.3, -0.25) is 0 Å². The maximum absolute atomic E-state index is 2.53. The lowest BCUT2D eigenvalue weighted by atomic mass is 10.9. The van der Waals surface area contributed by atoms with Crippen molar-refractivity contribution < 1.29 is 0 Å². The molecule has 1 aliphatic rings. The molecule has 0 radical (unpaired) electrons. The van der Waals surface area contributed by atoms with Crippen LogP contribution in [0, 0.1) is 0 Å². The van der Waals surface area contributed by atoms with E-state index in [9.17, 15) is 0 Å². The van der Waals surface area contributed by atoms with E-state index in [2.05, 4.69) is 13.1 Å². The van der Waals surface area contributed by atoms with Crippen LogP contribution in [0.3, 0.4) is 0 Å². The highest BCUT2D eigenvalue weighted by atomic mass is 28.3. The fraction of sp³-hybridized carbons (Fsp3) is 1.00. The molecule has 0 aliphatic carbocycles. The molecule has 1 fully saturated rings. The van der Waals surface area contributed by atoms with E-state index in [1.54, 1.807) is 24.2 Å². The third kappa shape index (κ3) is 1.74. The minimum Gasteiger partial charge on any atom is -0.0720 e. The molecule has 0 saturated carbocycles. The van der Waals surface area contributed by atoms with Crippen LogP contribution in [0.1, 0.15) is 0 Å². The second-order valence-corrected chi connectivity index (χ2v) is 10.1. The number of hydrogen-bond donors (Lipinski definition) is 0. The van der Waals surface area contributed by atoms with Gasteiger partial charge in [0.25, 0.3) is 0 Å². The molecule has 1 heterocycles. The molecule has 0 aromatic carbocycles. The van der Waals surface area contributed by atoms with E-state index in [4.69, 9.17) is 0 Å². The summed E-state index contributed by atoms with van der Waals surface area (Å²) in [5, 5.41) is 0.